The first-order valence-corrected chi connectivity index (χ1v) is 4.61. The molecule has 1 N–H and O–H groups in total. The molecule has 0 spiro atoms. The molecule has 0 bridgehead atoms. The maximum absolute atomic E-state index is 11.5. The highest BCUT2D eigenvalue weighted by Gasteiger charge is 2.45. The SMILES string of the molecule is CC1CC1C(=O)N1CC(C(=O)O)C1. The first kappa shape index (κ1) is 8.53. The van der Waals surface area contributed by atoms with Gasteiger partial charge in [-0.05, 0) is 12.3 Å². The van der Waals surface area contributed by atoms with Gasteiger partial charge in [-0.15, -0.1) is 0 Å². The predicted molar refractivity (Wildman–Crippen MR) is 45.0 cm³/mol. The average molecular weight is 183 g/mol. The maximum Gasteiger partial charge on any atom is 0.310 e. The zero-order chi connectivity index (χ0) is 9.59. The van der Waals surface area contributed by atoms with Crippen LogP contribution in [0.3, 0.4) is 0 Å². The van der Waals surface area contributed by atoms with Crippen molar-refractivity contribution in [2.45, 2.75) is 13.3 Å². The second kappa shape index (κ2) is 2.72. The minimum atomic E-state index is -0.784. The van der Waals surface area contributed by atoms with E-state index < -0.39 is 5.97 Å². The Morgan fingerprint density at radius 3 is 2.31 bits per heavy atom. The minimum Gasteiger partial charge on any atom is -0.481 e. The van der Waals surface area contributed by atoms with Crippen LogP contribution in [-0.4, -0.2) is 35.0 Å². The molecular weight excluding hydrogens is 170 g/mol. The van der Waals surface area contributed by atoms with E-state index in [0.717, 1.165) is 6.42 Å². The number of amides is 1. The summed E-state index contributed by atoms with van der Waals surface area (Å²) in [5.41, 5.74) is 0. The fraction of sp³-hybridized carbons (Fsp3) is 0.778. The summed E-state index contributed by atoms with van der Waals surface area (Å²) in [5, 5.41) is 8.60. The number of hydrogen-bond acceptors (Lipinski definition) is 2. The molecule has 72 valence electrons. The first-order chi connectivity index (χ1) is 6.09. The highest BCUT2D eigenvalue weighted by atomic mass is 16.4. The molecule has 0 aromatic rings. The fourth-order valence-electron chi connectivity index (χ4n) is 1.72. The fourth-order valence-corrected chi connectivity index (χ4v) is 1.72. The molecule has 1 amide bonds. The van der Waals surface area contributed by atoms with E-state index in [9.17, 15) is 9.59 Å². The lowest BCUT2D eigenvalue weighted by molar-refractivity contribution is -0.153. The molecule has 4 heteroatoms. The van der Waals surface area contributed by atoms with E-state index >= 15 is 0 Å². The van der Waals surface area contributed by atoms with Crippen LogP contribution in [0, 0.1) is 17.8 Å². The zero-order valence-electron chi connectivity index (χ0n) is 7.56. The van der Waals surface area contributed by atoms with Crippen LogP contribution in [-0.2, 0) is 9.59 Å². The van der Waals surface area contributed by atoms with E-state index in [1.54, 1.807) is 4.90 Å². The van der Waals surface area contributed by atoms with E-state index in [4.69, 9.17) is 5.11 Å². The number of likely N-dealkylation sites (tertiary alicyclic amines) is 1. The lowest BCUT2D eigenvalue weighted by Crippen LogP contribution is -2.53. The van der Waals surface area contributed by atoms with E-state index in [-0.39, 0.29) is 17.7 Å². The van der Waals surface area contributed by atoms with Gasteiger partial charge in [0.2, 0.25) is 5.91 Å². The lowest BCUT2D eigenvalue weighted by atomic mass is 10.00. The van der Waals surface area contributed by atoms with Gasteiger partial charge in [-0.25, -0.2) is 0 Å². The highest BCUT2D eigenvalue weighted by Crippen LogP contribution is 2.40. The van der Waals surface area contributed by atoms with Gasteiger partial charge in [0.05, 0.1) is 5.92 Å². The minimum absolute atomic E-state index is 0.157. The molecule has 2 atom stereocenters. The normalized spacial score (nSPS) is 32.5. The highest BCUT2D eigenvalue weighted by molar-refractivity contribution is 5.84. The molecule has 2 rings (SSSR count). The number of rotatable bonds is 2. The van der Waals surface area contributed by atoms with Gasteiger partial charge < -0.3 is 10.0 Å². The summed E-state index contributed by atoms with van der Waals surface area (Å²) < 4.78 is 0. The lowest BCUT2D eigenvalue weighted by Gasteiger charge is -2.36. The molecule has 2 fully saturated rings. The van der Waals surface area contributed by atoms with Crippen molar-refractivity contribution in [3.63, 3.8) is 0 Å². The molecule has 0 aromatic carbocycles. The topological polar surface area (TPSA) is 57.6 Å². The summed E-state index contributed by atoms with van der Waals surface area (Å²) in [5.74, 6) is -0.248. The molecule has 1 saturated carbocycles. The number of carboxylic acid groups (broad SMARTS) is 1. The summed E-state index contributed by atoms with van der Waals surface area (Å²) in [7, 11) is 0. The van der Waals surface area contributed by atoms with Crippen molar-refractivity contribution in [2.24, 2.45) is 17.8 Å². The Kier molecular flexibility index (Phi) is 1.78. The Bertz CT molecular complexity index is 258. The summed E-state index contributed by atoms with van der Waals surface area (Å²) in [6.45, 7) is 2.88. The molecule has 0 radical (unpaired) electrons. The predicted octanol–water partition coefficient (Wildman–Crippen LogP) is 0.185. The molecular formula is C9H13NO3. The summed E-state index contributed by atoms with van der Waals surface area (Å²) in [6, 6.07) is 0. The van der Waals surface area contributed by atoms with Crippen LogP contribution in [0.5, 0.6) is 0 Å². The third-order valence-corrected chi connectivity index (χ3v) is 2.97. The van der Waals surface area contributed by atoms with Gasteiger partial charge in [-0.2, -0.15) is 0 Å². The summed E-state index contributed by atoms with van der Waals surface area (Å²) in [4.78, 5) is 23.6. The van der Waals surface area contributed by atoms with Crippen molar-refractivity contribution >= 4 is 11.9 Å². The van der Waals surface area contributed by atoms with Crippen LogP contribution in [0.25, 0.3) is 0 Å². The van der Waals surface area contributed by atoms with Crippen LogP contribution < -0.4 is 0 Å². The second-order valence-electron chi connectivity index (χ2n) is 4.10. The van der Waals surface area contributed by atoms with E-state index in [2.05, 4.69) is 6.92 Å². The molecule has 4 nitrogen and oxygen atoms in total. The Labute approximate surface area is 76.5 Å². The van der Waals surface area contributed by atoms with Gasteiger partial charge in [0, 0.05) is 19.0 Å². The Morgan fingerprint density at radius 2 is 1.92 bits per heavy atom. The molecule has 0 aromatic heterocycles. The standard InChI is InChI=1S/C9H13NO3/c1-5-2-7(5)8(11)10-3-6(4-10)9(12)13/h5-7H,2-4H2,1H3,(H,12,13). The molecule has 2 unspecified atom stereocenters. The van der Waals surface area contributed by atoms with E-state index in [0.29, 0.717) is 19.0 Å². The monoisotopic (exact) mass is 183 g/mol. The van der Waals surface area contributed by atoms with Gasteiger partial charge >= 0.3 is 5.97 Å². The van der Waals surface area contributed by atoms with Crippen LogP contribution in [0.1, 0.15) is 13.3 Å². The number of carboxylic acids is 1. The van der Waals surface area contributed by atoms with Crippen molar-refractivity contribution < 1.29 is 14.7 Å². The summed E-state index contributed by atoms with van der Waals surface area (Å²) >= 11 is 0. The molecule has 1 saturated heterocycles. The van der Waals surface area contributed by atoms with Crippen molar-refractivity contribution in [3.8, 4) is 0 Å². The first-order valence-electron chi connectivity index (χ1n) is 4.61. The van der Waals surface area contributed by atoms with Crippen molar-refractivity contribution in [1.82, 2.24) is 4.90 Å². The number of nitrogens with zero attached hydrogens (tertiary/aromatic N) is 1. The number of carbonyl (C=O) groups excluding carboxylic acids is 1. The van der Waals surface area contributed by atoms with Gasteiger partial charge in [-0.3, -0.25) is 9.59 Å². The Hall–Kier alpha value is -1.06. The van der Waals surface area contributed by atoms with Crippen LogP contribution in [0.15, 0.2) is 0 Å². The van der Waals surface area contributed by atoms with Crippen LogP contribution in [0.4, 0.5) is 0 Å². The Balaban J connectivity index is 1.80. The maximum atomic E-state index is 11.5. The summed E-state index contributed by atoms with van der Waals surface area (Å²) in [6.07, 6.45) is 0.979. The van der Waals surface area contributed by atoms with E-state index in [1.165, 1.54) is 0 Å². The Morgan fingerprint density at radius 1 is 1.38 bits per heavy atom. The molecule has 1 aliphatic heterocycles. The third-order valence-electron chi connectivity index (χ3n) is 2.97. The molecule has 2 aliphatic rings. The largest absolute Gasteiger partial charge is 0.481 e. The van der Waals surface area contributed by atoms with Gasteiger partial charge in [0.25, 0.3) is 0 Å². The number of aliphatic carboxylic acids is 1. The number of hydrogen-bond donors (Lipinski definition) is 1. The van der Waals surface area contributed by atoms with Gasteiger partial charge in [0.1, 0.15) is 0 Å². The second-order valence-corrected chi connectivity index (χ2v) is 4.10. The smallest absolute Gasteiger partial charge is 0.310 e. The van der Waals surface area contributed by atoms with E-state index in [1.807, 2.05) is 0 Å². The van der Waals surface area contributed by atoms with Gasteiger partial charge in [-0.1, -0.05) is 6.92 Å². The van der Waals surface area contributed by atoms with Crippen molar-refractivity contribution in [2.75, 3.05) is 13.1 Å². The van der Waals surface area contributed by atoms with Crippen molar-refractivity contribution in [1.29, 1.82) is 0 Å². The molecule has 13 heavy (non-hydrogen) atoms. The van der Waals surface area contributed by atoms with Crippen LogP contribution in [0.2, 0.25) is 0 Å². The van der Waals surface area contributed by atoms with Gasteiger partial charge in [0.15, 0.2) is 0 Å². The zero-order valence-corrected chi connectivity index (χ0v) is 7.56. The van der Waals surface area contributed by atoms with Crippen LogP contribution >= 0.6 is 0 Å². The van der Waals surface area contributed by atoms with Crippen molar-refractivity contribution in [3.05, 3.63) is 0 Å². The average Bonchev–Trinajstić information content (AvgIpc) is 2.62. The molecule has 1 heterocycles. The molecule has 1 aliphatic carbocycles. The quantitative estimate of drug-likeness (QED) is 0.664. The number of carbonyl (C=O) groups is 2. The third kappa shape index (κ3) is 1.41.